The summed E-state index contributed by atoms with van der Waals surface area (Å²) in [5.74, 6) is -1.69. The van der Waals surface area contributed by atoms with Gasteiger partial charge in [-0.15, -0.1) is 0 Å². The van der Waals surface area contributed by atoms with Gasteiger partial charge in [0.2, 0.25) is 5.91 Å². The van der Waals surface area contributed by atoms with Crippen LogP contribution in [-0.4, -0.2) is 40.1 Å². The number of hydrogen-bond donors (Lipinski definition) is 1. The van der Waals surface area contributed by atoms with Crippen molar-refractivity contribution in [1.82, 2.24) is 4.90 Å². The maximum atomic E-state index is 13.7. The number of halogens is 1. The molecule has 134 valence electrons. The molecule has 2 fully saturated rings. The fourth-order valence-corrected chi connectivity index (χ4v) is 4.37. The van der Waals surface area contributed by atoms with E-state index in [0.29, 0.717) is 30.5 Å². The molecule has 2 aliphatic heterocycles. The van der Waals surface area contributed by atoms with Crippen LogP contribution in [-0.2, 0) is 22.5 Å². The predicted octanol–water partition coefficient (Wildman–Crippen LogP) is 2.90. The van der Waals surface area contributed by atoms with Crippen molar-refractivity contribution >= 4 is 11.9 Å². The van der Waals surface area contributed by atoms with Crippen LogP contribution in [0.25, 0.3) is 0 Å². The first-order valence-corrected chi connectivity index (χ1v) is 8.96. The van der Waals surface area contributed by atoms with Crippen LogP contribution in [0.2, 0.25) is 0 Å². The molecule has 1 N–H and O–H groups in total. The second kappa shape index (κ2) is 6.09. The number of benzene rings is 1. The van der Waals surface area contributed by atoms with Gasteiger partial charge >= 0.3 is 5.97 Å². The van der Waals surface area contributed by atoms with E-state index in [1.54, 1.807) is 4.90 Å². The van der Waals surface area contributed by atoms with Gasteiger partial charge < -0.3 is 14.7 Å². The van der Waals surface area contributed by atoms with Crippen LogP contribution in [0.4, 0.5) is 4.39 Å². The summed E-state index contributed by atoms with van der Waals surface area (Å²) >= 11 is 0. The van der Waals surface area contributed by atoms with E-state index < -0.39 is 11.8 Å². The summed E-state index contributed by atoms with van der Waals surface area (Å²) in [7, 11) is 0. The van der Waals surface area contributed by atoms with Gasteiger partial charge in [0.15, 0.2) is 0 Å². The standard InChI is InChI=1S/C19H22FNO4/c20-13-8-12-11-21(7-3-15(12)16(9-13)18(23)24)17(22)10-14-2-6-19(25-14)4-1-5-19/h8-9,14H,1-7,10-11H2,(H,23,24). The lowest BCUT2D eigenvalue weighted by molar-refractivity contribution is -0.139. The summed E-state index contributed by atoms with van der Waals surface area (Å²) in [6.45, 7) is 0.736. The highest BCUT2D eigenvalue weighted by Gasteiger charge is 2.45. The van der Waals surface area contributed by atoms with E-state index in [1.165, 1.54) is 12.5 Å². The summed E-state index contributed by atoms with van der Waals surface area (Å²) in [5, 5.41) is 9.24. The molecule has 0 aromatic heterocycles. The fourth-order valence-electron chi connectivity index (χ4n) is 4.37. The zero-order valence-electron chi connectivity index (χ0n) is 14.1. The minimum atomic E-state index is -1.12. The van der Waals surface area contributed by atoms with Gasteiger partial charge in [0.05, 0.1) is 23.7 Å². The van der Waals surface area contributed by atoms with Gasteiger partial charge in [-0.25, -0.2) is 9.18 Å². The van der Waals surface area contributed by atoms with Crippen molar-refractivity contribution in [3.05, 3.63) is 34.6 Å². The number of carboxylic acid groups (broad SMARTS) is 1. The van der Waals surface area contributed by atoms with Crippen LogP contribution in [0.5, 0.6) is 0 Å². The highest BCUT2D eigenvalue weighted by molar-refractivity contribution is 5.90. The quantitative estimate of drug-likeness (QED) is 0.913. The van der Waals surface area contributed by atoms with Gasteiger partial charge in [0.25, 0.3) is 0 Å². The molecule has 1 saturated carbocycles. The van der Waals surface area contributed by atoms with E-state index in [0.717, 1.165) is 31.7 Å². The Morgan fingerprint density at radius 1 is 1.32 bits per heavy atom. The summed E-state index contributed by atoms with van der Waals surface area (Å²) in [5.41, 5.74) is 1.29. The molecule has 5 nitrogen and oxygen atoms in total. The third-order valence-corrected chi connectivity index (χ3v) is 5.89. The second-order valence-electron chi connectivity index (χ2n) is 7.48. The number of carbonyl (C=O) groups is 2. The fraction of sp³-hybridized carbons (Fsp3) is 0.579. The minimum Gasteiger partial charge on any atom is -0.478 e. The molecule has 1 aliphatic carbocycles. The minimum absolute atomic E-state index is 0.00755. The first kappa shape index (κ1) is 16.5. The highest BCUT2D eigenvalue weighted by atomic mass is 19.1. The molecule has 1 atom stereocenters. The summed E-state index contributed by atoms with van der Waals surface area (Å²) in [6, 6.07) is 2.40. The van der Waals surface area contributed by atoms with Crippen molar-refractivity contribution in [3.63, 3.8) is 0 Å². The smallest absolute Gasteiger partial charge is 0.336 e. The van der Waals surface area contributed by atoms with E-state index in [2.05, 4.69) is 0 Å². The second-order valence-corrected chi connectivity index (χ2v) is 7.48. The van der Waals surface area contributed by atoms with Crippen LogP contribution in [0.1, 0.15) is 60.0 Å². The summed E-state index contributed by atoms with van der Waals surface area (Å²) in [6.07, 6.45) is 6.17. The number of hydrogen-bond acceptors (Lipinski definition) is 3. The van der Waals surface area contributed by atoms with Crippen molar-refractivity contribution in [1.29, 1.82) is 0 Å². The Bertz CT molecular complexity index is 728. The average Bonchev–Trinajstić information content (AvgIpc) is 2.97. The number of aromatic carboxylic acids is 1. The van der Waals surface area contributed by atoms with Crippen LogP contribution in [0.3, 0.4) is 0 Å². The molecule has 0 radical (unpaired) electrons. The van der Waals surface area contributed by atoms with Crippen LogP contribution in [0, 0.1) is 5.82 Å². The van der Waals surface area contributed by atoms with Crippen molar-refractivity contribution in [3.8, 4) is 0 Å². The largest absolute Gasteiger partial charge is 0.478 e. The maximum Gasteiger partial charge on any atom is 0.336 e. The van der Waals surface area contributed by atoms with E-state index >= 15 is 0 Å². The molecule has 1 spiro atoms. The molecule has 2 heterocycles. The van der Waals surface area contributed by atoms with Gasteiger partial charge in [0.1, 0.15) is 5.82 Å². The van der Waals surface area contributed by atoms with Crippen molar-refractivity contribution in [2.75, 3.05) is 6.54 Å². The molecule has 1 amide bonds. The lowest BCUT2D eigenvalue weighted by atomic mass is 9.78. The summed E-state index contributed by atoms with van der Waals surface area (Å²) < 4.78 is 19.8. The average molecular weight is 347 g/mol. The molecular weight excluding hydrogens is 325 g/mol. The first-order chi connectivity index (χ1) is 12.0. The molecule has 6 heteroatoms. The van der Waals surface area contributed by atoms with Crippen LogP contribution < -0.4 is 0 Å². The molecule has 1 aromatic rings. The molecular formula is C19H22FNO4. The number of nitrogens with zero attached hydrogens (tertiary/aromatic N) is 1. The van der Waals surface area contributed by atoms with Gasteiger partial charge in [-0.1, -0.05) is 0 Å². The van der Waals surface area contributed by atoms with Crippen molar-refractivity contribution in [2.24, 2.45) is 0 Å². The third kappa shape index (κ3) is 3.03. The Balaban J connectivity index is 1.43. The van der Waals surface area contributed by atoms with E-state index in [9.17, 15) is 19.1 Å². The number of rotatable bonds is 3. The first-order valence-electron chi connectivity index (χ1n) is 8.96. The topological polar surface area (TPSA) is 66.8 Å². The van der Waals surface area contributed by atoms with E-state index in [4.69, 9.17) is 4.74 Å². The Morgan fingerprint density at radius 3 is 2.76 bits per heavy atom. The molecule has 1 unspecified atom stereocenters. The number of carbonyl (C=O) groups excluding carboxylic acids is 1. The molecule has 1 aromatic carbocycles. The van der Waals surface area contributed by atoms with Gasteiger partial charge in [-0.2, -0.15) is 0 Å². The van der Waals surface area contributed by atoms with E-state index in [1.807, 2.05) is 0 Å². The zero-order valence-corrected chi connectivity index (χ0v) is 14.1. The number of amides is 1. The molecule has 3 aliphatic rings. The number of fused-ring (bicyclic) bond motifs is 1. The molecule has 4 rings (SSSR count). The zero-order chi connectivity index (χ0) is 17.6. The van der Waals surface area contributed by atoms with E-state index in [-0.39, 0.29) is 29.7 Å². The van der Waals surface area contributed by atoms with Crippen molar-refractivity contribution in [2.45, 2.75) is 63.2 Å². The summed E-state index contributed by atoms with van der Waals surface area (Å²) in [4.78, 5) is 25.6. The molecule has 0 bridgehead atoms. The number of carboxylic acids is 1. The Hall–Kier alpha value is -1.95. The Morgan fingerprint density at radius 2 is 2.12 bits per heavy atom. The van der Waals surface area contributed by atoms with Gasteiger partial charge in [0, 0.05) is 13.1 Å². The lowest BCUT2D eigenvalue weighted by Gasteiger charge is -2.38. The maximum absolute atomic E-state index is 13.7. The SMILES string of the molecule is O=C(O)c1cc(F)cc2c1CCN(C(=O)CC1CCC3(CCC3)O1)C2. The lowest BCUT2D eigenvalue weighted by Crippen LogP contribution is -2.40. The monoisotopic (exact) mass is 347 g/mol. The Kier molecular flexibility index (Phi) is 4.02. The predicted molar refractivity (Wildman–Crippen MR) is 87.8 cm³/mol. The normalized spacial score (nSPS) is 24.0. The third-order valence-electron chi connectivity index (χ3n) is 5.89. The number of ether oxygens (including phenoxy) is 1. The molecule has 25 heavy (non-hydrogen) atoms. The highest BCUT2D eigenvalue weighted by Crippen LogP contribution is 2.46. The molecule has 1 saturated heterocycles. The van der Waals surface area contributed by atoms with Gasteiger partial charge in [-0.3, -0.25) is 4.79 Å². The van der Waals surface area contributed by atoms with Crippen LogP contribution >= 0.6 is 0 Å². The van der Waals surface area contributed by atoms with Gasteiger partial charge in [-0.05, 0) is 61.8 Å². The van der Waals surface area contributed by atoms with Crippen LogP contribution in [0.15, 0.2) is 12.1 Å². The Labute approximate surface area is 145 Å². The van der Waals surface area contributed by atoms with Crippen molar-refractivity contribution < 1.29 is 23.8 Å².